The lowest BCUT2D eigenvalue weighted by Crippen LogP contribution is -2.22. The smallest absolute Gasteiger partial charge is 0.237 e. The van der Waals surface area contributed by atoms with Crippen LogP contribution in [0.25, 0.3) is 0 Å². The second-order valence-corrected chi connectivity index (χ2v) is 6.73. The molecular weight excluding hydrogens is 292 g/mol. The number of anilines is 2. The van der Waals surface area contributed by atoms with Gasteiger partial charge in [-0.2, -0.15) is 0 Å². The molecule has 1 amide bonds. The molecule has 0 fully saturated rings. The van der Waals surface area contributed by atoms with E-state index < -0.39 is 0 Å². The molecule has 0 aliphatic rings. The number of nitrogen functional groups attached to an aromatic ring is 1. The number of thioether (sulfide) groups is 1. The van der Waals surface area contributed by atoms with Gasteiger partial charge in [0.05, 0.1) is 22.3 Å². The fraction of sp³-hybridized carbons (Fsp3) is 0.214. The lowest BCUT2D eigenvalue weighted by atomic mass is 10.2. The third-order valence-corrected chi connectivity index (χ3v) is 4.82. The van der Waals surface area contributed by atoms with Crippen LogP contribution in [-0.2, 0) is 4.79 Å². The average Bonchev–Trinajstić information content (AvgIpc) is 2.93. The van der Waals surface area contributed by atoms with E-state index >= 15 is 0 Å². The zero-order valence-electron chi connectivity index (χ0n) is 11.3. The van der Waals surface area contributed by atoms with Gasteiger partial charge in [0.2, 0.25) is 5.91 Å². The Morgan fingerprint density at radius 2 is 2.25 bits per heavy atom. The molecule has 0 radical (unpaired) electrons. The van der Waals surface area contributed by atoms with Crippen LogP contribution in [0.3, 0.4) is 0 Å². The average molecular weight is 308 g/mol. The fourth-order valence-corrected chi connectivity index (χ4v) is 3.55. The highest BCUT2D eigenvalue weighted by Crippen LogP contribution is 2.30. The zero-order valence-corrected chi connectivity index (χ0v) is 12.9. The standard InChI is InChI=1S/C14H16N2O2S2/c1-9(20-13-4-3-7-19-13)14(17)16-11-6-5-10(15)8-12(11)18-2/h3-9H,15H2,1-2H3,(H,16,17). The molecule has 4 nitrogen and oxygen atoms in total. The first kappa shape index (κ1) is 14.7. The van der Waals surface area contributed by atoms with Crippen LogP contribution in [0.2, 0.25) is 0 Å². The maximum Gasteiger partial charge on any atom is 0.237 e. The number of ether oxygens (including phenoxy) is 1. The Morgan fingerprint density at radius 1 is 1.45 bits per heavy atom. The minimum absolute atomic E-state index is 0.0635. The maximum absolute atomic E-state index is 12.2. The Bertz CT molecular complexity index is 585. The van der Waals surface area contributed by atoms with Gasteiger partial charge in [-0.1, -0.05) is 6.07 Å². The summed E-state index contributed by atoms with van der Waals surface area (Å²) in [5.74, 6) is 0.498. The molecule has 0 aliphatic carbocycles. The molecule has 1 aromatic carbocycles. The van der Waals surface area contributed by atoms with Crippen LogP contribution in [0.4, 0.5) is 11.4 Å². The van der Waals surface area contributed by atoms with Crippen molar-refractivity contribution in [2.75, 3.05) is 18.2 Å². The summed E-state index contributed by atoms with van der Waals surface area (Å²) in [5, 5.41) is 4.68. The highest BCUT2D eigenvalue weighted by atomic mass is 32.2. The molecular formula is C14H16N2O2S2. The first-order valence-corrected chi connectivity index (χ1v) is 7.80. The predicted octanol–water partition coefficient (Wildman–Crippen LogP) is 3.46. The van der Waals surface area contributed by atoms with Gasteiger partial charge in [-0.05, 0) is 30.5 Å². The van der Waals surface area contributed by atoms with Crippen molar-refractivity contribution in [3.8, 4) is 5.75 Å². The van der Waals surface area contributed by atoms with Crippen LogP contribution >= 0.6 is 23.1 Å². The number of carbonyl (C=O) groups is 1. The van der Waals surface area contributed by atoms with E-state index in [0.29, 0.717) is 17.1 Å². The fourth-order valence-electron chi connectivity index (χ4n) is 1.60. The SMILES string of the molecule is COc1cc(N)ccc1NC(=O)C(C)Sc1cccs1. The van der Waals surface area contributed by atoms with E-state index in [1.165, 1.54) is 11.8 Å². The Labute approximate surface area is 126 Å². The van der Waals surface area contributed by atoms with Crippen LogP contribution in [0.15, 0.2) is 39.9 Å². The Balaban J connectivity index is 2.03. The quantitative estimate of drug-likeness (QED) is 0.656. The van der Waals surface area contributed by atoms with Crippen molar-refractivity contribution in [1.82, 2.24) is 0 Å². The van der Waals surface area contributed by atoms with Crippen molar-refractivity contribution in [2.45, 2.75) is 16.4 Å². The van der Waals surface area contributed by atoms with Crippen molar-refractivity contribution >= 4 is 40.4 Å². The summed E-state index contributed by atoms with van der Waals surface area (Å²) in [4.78, 5) is 12.2. The largest absolute Gasteiger partial charge is 0.494 e. The lowest BCUT2D eigenvalue weighted by molar-refractivity contribution is -0.115. The first-order chi connectivity index (χ1) is 9.60. The van der Waals surface area contributed by atoms with E-state index in [-0.39, 0.29) is 11.2 Å². The number of rotatable bonds is 5. The highest BCUT2D eigenvalue weighted by molar-refractivity contribution is 8.02. The van der Waals surface area contributed by atoms with Gasteiger partial charge in [0.15, 0.2) is 0 Å². The van der Waals surface area contributed by atoms with Gasteiger partial charge in [0.1, 0.15) is 5.75 Å². The minimum Gasteiger partial charge on any atom is -0.494 e. The van der Waals surface area contributed by atoms with Crippen molar-refractivity contribution in [1.29, 1.82) is 0 Å². The van der Waals surface area contributed by atoms with Gasteiger partial charge < -0.3 is 15.8 Å². The van der Waals surface area contributed by atoms with Crippen molar-refractivity contribution in [3.63, 3.8) is 0 Å². The molecule has 0 spiro atoms. The van der Waals surface area contributed by atoms with Gasteiger partial charge in [-0.15, -0.1) is 23.1 Å². The summed E-state index contributed by atoms with van der Waals surface area (Å²) in [5.41, 5.74) is 6.92. The second-order valence-electron chi connectivity index (χ2n) is 4.14. The summed E-state index contributed by atoms with van der Waals surface area (Å²) in [6, 6.07) is 9.14. The summed E-state index contributed by atoms with van der Waals surface area (Å²) < 4.78 is 6.34. The van der Waals surface area contributed by atoms with Gasteiger partial charge in [0.25, 0.3) is 0 Å². The minimum atomic E-state index is -0.184. The van der Waals surface area contributed by atoms with E-state index in [9.17, 15) is 4.79 Å². The molecule has 6 heteroatoms. The molecule has 2 aromatic rings. The number of thiophene rings is 1. The number of carbonyl (C=O) groups excluding carboxylic acids is 1. The van der Waals surface area contributed by atoms with E-state index in [1.54, 1.807) is 36.6 Å². The highest BCUT2D eigenvalue weighted by Gasteiger charge is 2.16. The topological polar surface area (TPSA) is 64.3 Å². The normalized spacial score (nSPS) is 11.9. The van der Waals surface area contributed by atoms with E-state index in [2.05, 4.69) is 5.32 Å². The van der Waals surface area contributed by atoms with Crippen LogP contribution in [-0.4, -0.2) is 18.3 Å². The molecule has 0 saturated carbocycles. The third-order valence-electron chi connectivity index (χ3n) is 2.64. The number of methoxy groups -OCH3 is 1. The van der Waals surface area contributed by atoms with Crippen LogP contribution < -0.4 is 15.8 Å². The van der Waals surface area contributed by atoms with E-state index in [1.807, 2.05) is 24.4 Å². The van der Waals surface area contributed by atoms with Crippen molar-refractivity contribution < 1.29 is 9.53 Å². The summed E-state index contributed by atoms with van der Waals surface area (Å²) >= 11 is 3.16. The maximum atomic E-state index is 12.2. The summed E-state index contributed by atoms with van der Waals surface area (Å²) in [7, 11) is 1.55. The third kappa shape index (κ3) is 3.68. The van der Waals surface area contributed by atoms with Crippen molar-refractivity contribution in [3.05, 3.63) is 35.7 Å². The van der Waals surface area contributed by atoms with Crippen LogP contribution in [0.1, 0.15) is 6.92 Å². The molecule has 0 bridgehead atoms. The molecule has 1 atom stereocenters. The Hall–Kier alpha value is -1.66. The van der Waals surface area contributed by atoms with Crippen LogP contribution in [0.5, 0.6) is 5.75 Å². The molecule has 20 heavy (non-hydrogen) atoms. The number of amides is 1. The first-order valence-electron chi connectivity index (χ1n) is 6.04. The molecule has 1 aromatic heterocycles. The number of nitrogens with one attached hydrogen (secondary N) is 1. The number of benzene rings is 1. The monoisotopic (exact) mass is 308 g/mol. The molecule has 0 aliphatic heterocycles. The second kappa shape index (κ2) is 6.67. The van der Waals surface area contributed by atoms with E-state index in [4.69, 9.17) is 10.5 Å². The molecule has 1 heterocycles. The Morgan fingerprint density at radius 3 is 2.90 bits per heavy atom. The molecule has 1 unspecified atom stereocenters. The zero-order chi connectivity index (χ0) is 14.5. The number of hydrogen-bond acceptors (Lipinski definition) is 5. The van der Waals surface area contributed by atoms with Gasteiger partial charge in [0, 0.05) is 11.8 Å². The van der Waals surface area contributed by atoms with Gasteiger partial charge in [-0.25, -0.2) is 0 Å². The Kier molecular flexibility index (Phi) is 4.92. The summed E-state index contributed by atoms with van der Waals surface area (Å²) in [6.07, 6.45) is 0. The lowest BCUT2D eigenvalue weighted by Gasteiger charge is -2.14. The van der Waals surface area contributed by atoms with Gasteiger partial charge >= 0.3 is 0 Å². The van der Waals surface area contributed by atoms with Crippen LogP contribution in [0, 0.1) is 0 Å². The molecule has 106 valence electrons. The summed E-state index contributed by atoms with van der Waals surface area (Å²) in [6.45, 7) is 1.88. The predicted molar refractivity (Wildman–Crippen MR) is 85.7 cm³/mol. The number of nitrogens with two attached hydrogens (primary N) is 1. The van der Waals surface area contributed by atoms with Crippen molar-refractivity contribution in [2.24, 2.45) is 0 Å². The molecule has 0 saturated heterocycles. The molecule has 2 rings (SSSR count). The van der Waals surface area contributed by atoms with E-state index in [0.717, 1.165) is 4.21 Å². The number of hydrogen-bond donors (Lipinski definition) is 2. The van der Waals surface area contributed by atoms with Gasteiger partial charge in [-0.3, -0.25) is 4.79 Å². The molecule has 3 N–H and O–H groups in total.